The van der Waals surface area contributed by atoms with Crippen molar-refractivity contribution in [2.24, 2.45) is 5.73 Å². The van der Waals surface area contributed by atoms with Crippen molar-refractivity contribution in [1.82, 2.24) is 15.5 Å². The predicted octanol–water partition coefficient (Wildman–Crippen LogP) is 3.56. The molecule has 0 aliphatic rings. The molecule has 246 valence electrons. The van der Waals surface area contributed by atoms with Gasteiger partial charge in [-0.15, -0.1) is 13.0 Å². The molecule has 0 fully saturated rings. The molecular formula is C35H44N4O7. The van der Waals surface area contributed by atoms with Gasteiger partial charge in [0.1, 0.15) is 29.3 Å². The number of alkyl carbamates (subject to hydrolysis) is 1. The van der Waals surface area contributed by atoms with E-state index in [1.165, 1.54) is 6.08 Å². The average molecular weight is 633 g/mol. The first-order valence-corrected chi connectivity index (χ1v) is 14.8. The summed E-state index contributed by atoms with van der Waals surface area (Å²) < 4.78 is 10.9. The number of rotatable bonds is 13. The Balaban J connectivity index is 2.65. The van der Waals surface area contributed by atoms with Crippen LogP contribution in [0.5, 0.6) is 0 Å². The first kappa shape index (κ1) is 37.1. The Morgan fingerprint density at radius 3 is 2.04 bits per heavy atom. The van der Waals surface area contributed by atoms with Gasteiger partial charge in [0.05, 0.1) is 6.42 Å². The van der Waals surface area contributed by atoms with Crippen LogP contribution in [0.15, 0.2) is 67.3 Å². The molecule has 0 radical (unpaired) electrons. The van der Waals surface area contributed by atoms with Gasteiger partial charge in [0.25, 0.3) is 0 Å². The van der Waals surface area contributed by atoms with E-state index in [0.717, 1.165) is 10.5 Å². The second kappa shape index (κ2) is 16.3. The van der Waals surface area contributed by atoms with Crippen LogP contribution in [0.3, 0.4) is 0 Å². The predicted molar refractivity (Wildman–Crippen MR) is 174 cm³/mol. The van der Waals surface area contributed by atoms with Crippen molar-refractivity contribution in [2.75, 3.05) is 6.54 Å². The van der Waals surface area contributed by atoms with Crippen LogP contribution in [-0.2, 0) is 35.1 Å². The molecule has 2 aromatic rings. The molecule has 0 saturated heterocycles. The summed E-state index contributed by atoms with van der Waals surface area (Å²) in [5, 5.41) is 5.17. The molecule has 11 nitrogen and oxygen atoms in total. The maximum Gasteiger partial charge on any atom is 0.408 e. The van der Waals surface area contributed by atoms with Crippen LogP contribution in [-0.4, -0.2) is 64.5 Å². The van der Waals surface area contributed by atoms with Crippen LogP contribution >= 0.6 is 0 Å². The monoisotopic (exact) mass is 632 g/mol. The molecule has 0 aliphatic heterocycles. The number of hydrogen-bond donors (Lipinski definition) is 3. The van der Waals surface area contributed by atoms with E-state index in [9.17, 15) is 24.0 Å². The van der Waals surface area contributed by atoms with E-state index in [-0.39, 0.29) is 18.5 Å². The minimum Gasteiger partial charge on any atom is -0.458 e. The molecule has 3 atom stereocenters. The maximum absolute atomic E-state index is 14.3. The number of nitrogens with one attached hydrogen (secondary N) is 2. The Hall–Kier alpha value is -5.11. The van der Waals surface area contributed by atoms with Gasteiger partial charge in [0.2, 0.25) is 17.7 Å². The van der Waals surface area contributed by atoms with Crippen LogP contribution in [0.1, 0.15) is 70.7 Å². The van der Waals surface area contributed by atoms with Gasteiger partial charge in [0, 0.05) is 18.5 Å². The van der Waals surface area contributed by atoms with Crippen molar-refractivity contribution in [1.29, 1.82) is 0 Å². The molecule has 0 heterocycles. The van der Waals surface area contributed by atoms with Gasteiger partial charge in [-0.3, -0.25) is 14.4 Å². The number of amides is 4. The summed E-state index contributed by atoms with van der Waals surface area (Å²) in [6, 6.07) is 11.4. The topological polar surface area (TPSA) is 157 Å². The largest absolute Gasteiger partial charge is 0.458 e. The van der Waals surface area contributed by atoms with Gasteiger partial charge in [-0.1, -0.05) is 60.5 Å². The van der Waals surface area contributed by atoms with Crippen molar-refractivity contribution in [2.45, 2.75) is 83.7 Å². The normalized spacial score (nSPS) is 13.2. The van der Waals surface area contributed by atoms with Crippen LogP contribution in [0.25, 0.3) is 0 Å². The summed E-state index contributed by atoms with van der Waals surface area (Å²) in [7, 11) is 0. The van der Waals surface area contributed by atoms with Crippen molar-refractivity contribution in [3.05, 3.63) is 83.9 Å². The van der Waals surface area contributed by atoms with Crippen molar-refractivity contribution in [3.63, 3.8) is 0 Å². The highest BCUT2D eigenvalue weighted by Crippen LogP contribution is 2.27. The number of benzene rings is 2. The highest BCUT2D eigenvalue weighted by Gasteiger charge is 2.39. The molecule has 0 spiro atoms. The molecule has 0 aromatic heterocycles. The lowest BCUT2D eigenvalue weighted by Crippen LogP contribution is -2.55. The van der Waals surface area contributed by atoms with Gasteiger partial charge in [-0.05, 0) is 58.7 Å². The second-order valence-corrected chi connectivity index (χ2v) is 12.6. The SMILES string of the molecule is C#Cc1ccccc1C(C(=O)NC(Cc1ccccc1)C(=O)OC(C)(C)C)N(CC=C)C(=O)C(CC(N)=O)NC(=O)OC(C)(C)C. The van der Waals surface area contributed by atoms with Gasteiger partial charge >= 0.3 is 12.1 Å². The van der Waals surface area contributed by atoms with Gasteiger partial charge in [-0.25, -0.2) is 9.59 Å². The van der Waals surface area contributed by atoms with E-state index in [2.05, 4.69) is 23.1 Å². The third-order valence-electron chi connectivity index (χ3n) is 6.26. The van der Waals surface area contributed by atoms with Crippen LogP contribution in [0, 0.1) is 12.3 Å². The van der Waals surface area contributed by atoms with Gasteiger partial charge in [0.15, 0.2) is 0 Å². The van der Waals surface area contributed by atoms with E-state index in [1.807, 2.05) is 6.07 Å². The van der Waals surface area contributed by atoms with E-state index >= 15 is 0 Å². The van der Waals surface area contributed by atoms with Crippen LogP contribution in [0.2, 0.25) is 0 Å². The number of nitrogens with two attached hydrogens (primary N) is 1. The van der Waals surface area contributed by atoms with Gasteiger partial charge in [-0.2, -0.15) is 0 Å². The van der Waals surface area contributed by atoms with E-state index in [4.69, 9.17) is 21.6 Å². The Kier molecular flexibility index (Phi) is 13.1. The first-order valence-electron chi connectivity index (χ1n) is 14.8. The zero-order chi connectivity index (χ0) is 34.7. The number of hydrogen-bond acceptors (Lipinski definition) is 7. The molecule has 2 aromatic carbocycles. The number of carbonyl (C=O) groups is 5. The summed E-state index contributed by atoms with van der Waals surface area (Å²) in [6.45, 7) is 13.5. The fraction of sp³-hybridized carbons (Fsp3) is 0.400. The molecule has 11 heteroatoms. The fourth-order valence-corrected chi connectivity index (χ4v) is 4.50. The lowest BCUT2D eigenvalue weighted by molar-refractivity contribution is -0.159. The Morgan fingerprint density at radius 2 is 1.50 bits per heavy atom. The molecule has 3 unspecified atom stereocenters. The zero-order valence-electron chi connectivity index (χ0n) is 27.3. The third kappa shape index (κ3) is 11.8. The minimum absolute atomic E-state index is 0.0882. The molecule has 0 saturated carbocycles. The molecule has 4 amide bonds. The van der Waals surface area contributed by atoms with E-state index in [1.54, 1.807) is 90.1 Å². The lowest BCUT2D eigenvalue weighted by Gasteiger charge is -2.35. The Morgan fingerprint density at radius 1 is 0.913 bits per heavy atom. The summed E-state index contributed by atoms with van der Waals surface area (Å²) in [5.41, 5.74) is 4.99. The molecular weight excluding hydrogens is 588 g/mol. The van der Waals surface area contributed by atoms with Crippen molar-refractivity contribution < 1.29 is 33.4 Å². The first-order chi connectivity index (χ1) is 21.5. The number of esters is 1. The zero-order valence-corrected chi connectivity index (χ0v) is 27.3. The minimum atomic E-state index is -1.51. The highest BCUT2D eigenvalue weighted by molar-refractivity contribution is 5.96. The molecule has 0 bridgehead atoms. The number of primary amides is 1. The summed E-state index contributed by atoms with van der Waals surface area (Å²) in [6.07, 6.45) is 5.70. The van der Waals surface area contributed by atoms with Crippen LogP contribution < -0.4 is 16.4 Å². The van der Waals surface area contributed by atoms with Crippen molar-refractivity contribution >= 4 is 29.8 Å². The number of terminal acetylenes is 1. The standard InChI is InChI=1S/C35H44N4O7/c1-9-20-39(31(42)26(22-28(36)40)38-33(44)46-35(6,7)8)29(25-19-15-14-18-24(25)10-2)30(41)37-27(32(43)45-34(3,4)5)21-23-16-12-11-13-17-23/h2,9,11-19,26-27,29H,1,20-22H2,3-8H3,(H2,36,40)(H,37,41)(H,38,44). The molecule has 46 heavy (non-hydrogen) atoms. The van der Waals surface area contributed by atoms with E-state index < -0.39 is 65.5 Å². The van der Waals surface area contributed by atoms with Crippen LogP contribution in [0.4, 0.5) is 4.79 Å². The summed E-state index contributed by atoms with van der Waals surface area (Å²) in [5.74, 6) is -0.640. The number of carbonyl (C=O) groups excluding carboxylic acids is 5. The quantitative estimate of drug-likeness (QED) is 0.173. The number of nitrogens with zero attached hydrogens (tertiary/aromatic N) is 1. The molecule has 2 rings (SSSR count). The Bertz CT molecular complexity index is 1450. The maximum atomic E-state index is 14.3. The third-order valence-corrected chi connectivity index (χ3v) is 6.26. The number of ether oxygens (including phenoxy) is 2. The summed E-state index contributed by atoms with van der Waals surface area (Å²) >= 11 is 0. The average Bonchev–Trinajstić information content (AvgIpc) is 2.94. The molecule has 4 N–H and O–H groups in total. The van der Waals surface area contributed by atoms with E-state index in [0.29, 0.717) is 5.56 Å². The second-order valence-electron chi connectivity index (χ2n) is 12.6. The smallest absolute Gasteiger partial charge is 0.408 e. The Labute approximate surface area is 270 Å². The lowest BCUT2D eigenvalue weighted by atomic mass is 9.96. The van der Waals surface area contributed by atoms with Crippen molar-refractivity contribution in [3.8, 4) is 12.3 Å². The highest BCUT2D eigenvalue weighted by atomic mass is 16.6. The van der Waals surface area contributed by atoms with Gasteiger partial charge < -0.3 is 30.7 Å². The summed E-state index contributed by atoms with van der Waals surface area (Å²) in [4.78, 5) is 67.7. The molecule has 0 aliphatic carbocycles. The fourth-order valence-electron chi connectivity index (χ4n) is 4.50.